The number of anilines is 1. The van der Waals surface area contributed by atoms with Gasteiger partial charge < -0.3 is 11.1 Å². The van der Waals surface area contributed by atoms with Crippen LogP contribution in [0.5, 0.6) is 0 Å². The van der Waals surface area contributed by atoms with Crippen LogP contribution >= 0.6 is 0 Å². The van der Waals surface area contributed by atoms with E-state index in [1.165, 1.54) is 0 Å². The number of nitrogens with one attached hydrogen (secondary N) is 1. The highest BCUT2D eigenvalue weighted by Crippen LogP contribution is 2.38. The summed E-state index contributed by atoms with van der Waals surface area (Å²) < 4.78 is 0. The van der Waals surface area contributed by atoms with Gasteiger partial charge in [-0.05, 0) is 31.4 Å². The van der Waals surface area contributed by atoms with E-state index in [1.807, 2.05) is 31.2 Å². The molecule has 2 rings (SSSR count). The van der Waals surface area contributed by atoms with E-state index in [9.17, 15) is 4.79 Å². The van der Waals surface area contributed by atoms with Gasteiger partial charge in [0.2, 0.25) is 5.91 Å². The smallest absolute Gasteiger partial charge is 0.226 e. The molecule has 18 heavy (non-hydrogen) atoms. The zero-order chi connectivity index (χ0) is 13.2. The summed E-state index contributed by atoms with van der Waals surface area (Å²) in [6.45, 7) is 4.05. The van der Waals surface area contributed by atoms with Gasteiger partial charge in [0.25, 0.3) is 0 Å². The molecule has 0 aliphatic heterocycles. The minimum Gasteiger partial charge on any atom is -0.398 e. The third-order valence-electron chi connectivity index (χ3n) is 4.07. The van der Waals surface area contributed by atoms with Crippen LogP contribution in [0.4, 0.5) is 5.69 Å². The van der Waals surface area contributed by atoms with Gasteiger partial charge >= 0.3 is 0 Å². The van der Waals surface area contributed by atoms with E-state index in [-0.39, 0.29) is 17.4 Å². The Morgan fingerprint density at radius 2 is 1.94 bits per heavy atom. The first-order valence-electron chi connectivity index (χ1n) is 6.68. The Hall–Kier alpha value is -1.51. The molecule has 0 bridgehead atoms. The molecule has 3 nitrogen and oxygen atoms in total. The van der Waals surface area contributed by atoms with Gasteiger partial charge in [0.1, 0.15) is 0 Å². The first-order chi connectivity index (χ1) is 8.53. The molecule has 1 aromatic carbocycles. The third kappa shape index (κ3) is 2.50. The van der Waals surface area contributed by atoms with Crippen molar-refractivity contribution in [1.82, 2.24) is 5.32 Å². The Bertz CT molecular complexity index is 436. The predicted molar refractivity (Wildman–Crippen MR) is 74.0 cm³/mol. The predicted octanol–water partition coefficient (Wildman–Crippen LogP) is 3.03. The maximum atomic E-state index is 12.3. The van der Waals surface area contributed by atoms with Gasteiger partial charge in [0, 0.05) is 11.1 Å². The number of amides is 1. The van der Waals surface area contributed by atoms with Gasteiger partial charge in [-0.25, -0.2) is 0 Å². The molecule has 1 atom stereocenters. The molecule has 1 amide bonds. The van der Waals surface area contributed by atoms with Crippen LogP contribution in [0, 0.1) is 5.41 Å². The summed E-state index contributed by atoms with van der Waals surface area (Å²) in [5, 5.41) is 3.10. The zero-order valence-electron chi connectivity index (χ0n) is 11.2. The Kier molecular flexibility index (Phi) is 3.60. The van der Waals surface area contributed by atoms with Crippen molar-refractivity contribution in [3.63, 3.8) is 0 Å². The average Bonchev–Trinajstić information content (AvgIpc) is 2.78. The van der Waals surface area contributed by atoms with Crippen LogP contribution < -0.4 is 11.1 Å². The lowest BCUT2D eigenvalue weighted by Gasteiger charge is -2.25. The molecule has 3 heteroatoms. The standard InChI is InChI=1S/C15H22N2O/c1-11(12-7-3-4-8-13(12)16)17-14(18)15(2)9-5-6-10-15/h3-4,7-8,11H,5-6,9-10,16H2,1-2H3,(H,17,18). The van der Waals surface area contributed by atoms with Crippen molar-refractivity contribution in [2.45, 2.75) is 45.6 Å². The van der Waals surface area contributed by atoms with E-state index in [4.69, 9.17) is 5.73 Å². The maximum Gasteiger partial charge on any atom is 0.226 e. The molecule has 1 fully saturated rings. The monoisotopic (exact) mass is 246 g/mol. The van der Waals surface area contributed by atoms with Crippen molar-refractivity contribution in [3.8, 4) is 0 Å². The number of hydrogen-bond acceptors (Lipinski definition) is 2. The largest absolute Gasteiger partial charge is 0.398 e. The van der Waals surface area contributed by atoms with E-state index < -0.39 is 0 Å². The molecule has 1 unspecified atom stereocenters. The van der Waals surface area contributed by atoms with E-state index in [0.717, 1.165) is 36.9 Å². The Morgan fingerprint density at radius 1 is 1.33 bits per heavy atom. The second kappa shape index (κ2) is 5.01. The van der Waals surface area contributed by atoms with Gasteiger partial charge in [0.15, 0.2) is 0 Å². The van der Waals surface area contributed by atoms with Gasteiger partial charge in [-0.1, -0.05) is 38.0 Å². The molecule has 0 radical (unpaired) electrons. The molecule has 0 heterocycles. The second-order valence-corrected chi connectivity index (χ2v) is 5.59. The van der Waals surface area contributed by atoms with Gasteiger partial charge in [-0.15, -0.1) is 0 Å². The number of hydrogen-bond donors (Lipinski definition) is 2. The lowest BCUT2D eigenvalue weighted by molar-refractivity contribution is -0.130. The lowest BCUT2D eigenvalue weighted by atomic mass is 9.87. The fraction of sp³-hybridized carbons (Fsp3) is 0.533. The SMILES string of the molecule is CC(NC(=O)C1(C)CCCC1)c1ccccc1N. The first kappa shape index (κ1) is 12.9. The van der Waals surface area contributed by atoms with E-state index in [1.54, 1.807) is 0 Å². The molecule has 1 aromatic rings. The Balaban J connectivity index is 2.06. The summed E-state index contributed by atoms with van der Waals surface area (Å²) in [6.07, 6.45) is 4.31. The van der Waals surface area contributed by atoms with Crippen LogP contribution in [0.1, 0.15) is 51.1 Å². The van der Waals surface area contributed by atoms with Crippen molar-refractivity contribution < 1.29 is 4.79 Å². The number of nitrogens with two attached hydrogens (primary N) is 1. The van der Waals surface area contributed by atoms with Crippen LogP contribution in [0.25, 0.3) is 0 Å². The number of carbonyl (C=O) groups is 1. The third-order valence-corrected chi connectivity index (χ3v) is 4.07. The topological polar surface area (TPSA) is 55.1 Å². The lowest BCUT2D eigenvalue weighted by Crippen LogP contribution is -2.38. The summed E-state index contributed by atoms with van der Waals surface area (Å²) in [6, 6.07) is 7.67. The molecule has 0 saturated heterocycles. The van der Waals surface area contributed by atoms with Crippen LogP contribution in [-0.4, -0.2) is 5.91 Å². The quantitative estimate of drug-likeness (QED) is 0.805. The van der Waals surface area contributed by atoms with E-state index in [2.05, 4.69) is 12.2 Å². The number of rotatable bonds is 3. The van der Waals surface area contributed by atoms with Crippen molar-refractivity contribution >= 4 is 11.6 Å². The second-order valence-electron chi connectivity index (χ2n) is 5.59. The molecule has 0 spiro atoms. The molecule has 1 aliphatic rings. The van der Waals surface area contributed by atoms with Crippen LogP contribution in [0.2, 0.25) is 0 Å². The summed E-state index contributed by atoms with van der Waals surface area (Å²) >= 11 is 0. The highest BCUT2D eigenvalue weighted by atomic mass is 16.2. The normalized spacial score (nSPS) is 19.4. The summed E-state index contributed by atoms with van der Waals surface area (Å²) in [7, 11) is 0. The minimum absolute atomic E-state index is 0.0314. The molecule has 1 aliphatic carbocycles. The summed E-state index contributed by atoms with van der Waals surface area (Å²) in [5.41, 5.74) is 7.48. The van der Waals surface area contributed by atoms with Crippen molar-refractivity contribution in [1.29, 1.82) is 0 Å². The Morgan fingerprint density at radius 3 is 2.56 bits per heavy atom. The van der Waals surface area contributed by atoms with Gasteiger partial charge in [-0.2, -0.15) is 0 Å². The first-order valence-corrected chi connectivity index (χ1v) is 6.68. The van der Waals surface area contributed by atoms with Gasteiger partial charge in [0.05, 0.1) is 6.04 Å². The number of carbonyl (C=O) groups excluding carboxylic acids is 1. The summed E-state index contributed by atoms with van der Waals surface area (Å²) in [4.78, 5) is 12.3. The van der Waals surface area contributed by atoms with Crippen molar-refractivity contribution in [2.75, 3.05) is 5.73 Å². The highest BCUT2D eigenvalue weighted by Gasteiger charge is 2.36. The molecule has 98 valence electrons. The molecular formula is C15H22N2O. The minimum atomic E-state index is -0.183. The number of nitrogen functional groups attached to an aromatic ring is 1. The number of benzene rings is 1. The fourth-order valence-corrected chi connectivity index (χ4v) is 2.74. The molecule has 1 saturated carbocycles. The van der Waals surface area contributed by atoms with E-state index in [0.29, 0.717) is 0 Å². The molecular weight excluding hydrogens is 224 g/mol. The molecule has 3 N–H and O–H groups in total. The van der Waals surface area contributed by atoms with Crippen LogP contribution in [0.15, 0.2) is 24.3 Å². The van der Waals surface area contributed by atoms with E-state index >= 15 is 0 Å². The van der Waals surface area contributed by atoms with Crippen LogP contribution in [0.3, 0.4) is 0 Å². The Labute approximate surface area is 109 Å². The molecule has 0 aromatic heterocycles. The summed E-state index contributed by atoms with van der Waals surface area (Å²) in [5.74, 6) is 0.163. The average molecular weight is 246 g/mol. The highest BCUT2D eigenvalue weighted by molar-refractivity contribution is 5.83. The fourth-order valence-electron chi connectivity index (χ4n) is 2.74. The maximum absolute atomic E-state index is 12.3. The van der Waals surface area contributed by atoms with Crippen molar-refractivity contribution in [2.24, 2.45) is 5.41 Å². The van der Waals surface area contributed by atoms with Crippen LogP contribution in [-0.2, 0) is 4.79 Å². The number of para-hydroxylation sites is 1. The van der Waals surface area contributed by atoms with Crippen molar-refractivity contribution in [3.05, 3.63) is 29.8 Å². The van der Waals surface area contributed by atoms with Gasteiger partial charge in [-0.3, -0.25) is 4.79 Å². The zero-order valence-corrected chi connectivity index (χ0v) is 11.2.